The quantitative estimate of drug-likeness (QED) is 0.910. The average molecular weight is 320 g/mol. The highest BCUT2D eigenvalue weighted by molar-refractivity contribution is 7.99. The van der Waals surface area contributed by atoms with Crippen LogP contribution in [0.1, 0.15) is 31.7 Å². The molecule has 0 aliphatic carbocycles. The molecular weight excluding hydrogens is 296 g/mol. The SMILES string of the molecule is C[C@H](NC(=O)N1CCSCC[C@@H]1C)[C@H]1COc2ccccc21. The number of nitrogens with one attached hydrogen (secondary N) is 1. The Kier molecular flexibility index (Phi) is 4.81. The normalized spacial score (nSPS) is 25.8. The largest absolute Gasteiger partial charge is 0.493 e. The minimum atomic E-state index is 0.0619. The molecule has 4 nitrogen and oxygen atoms in total. The third-order valence-electron chi connectivity index (χ3n) is 4.64. The van der Waals surface area contributed by atoms with Crippen molar-refractivity contribution in [2.24, 2.45) is 0 Å². The molecule has 120 valence electrons. The Hall–Kier alpha value is -1.36. The first-order valence-electron chi connectivity index (χ1n) is 8.03. The number of carbonyl (C=O) groups excluding carboxylic acids is 1. The monoisotopic (exact) mass is 320 g/mol. The number of ether oxygens (including phenoxy) is 1. The second-order valence-electron chi connectivity index (χ2n) is 6.14. The fraction of sp³-hybridized carbons (Fsp3) is 0.588. The zero-order valence-corrected chi connectivity index (χ0v) is 14.1. The van der Waals surface area contributed by atoms with E-state index in [0.29, 0.717) is 12.6 Å². The summed E-state index contributed by atoms with van der Waals surface area (Å²) in [6, 6.07) is 8.56. The van der Waals surface area contributed by atoms with E-state index in [0.717, 1.165) is 30.2 Å². The fourth-order valence-corrected chi connectivity index (χ4v) is 4.21. The molecule has 5 heteroatoms. The highest BCUT2D eigenvalue weighted by Crippen LogP contribution is 2.35. The van der Waals surface area contributed by atoms with Crippen LogP contribution in [0.4, 0.5) is 4.79 Å². The third kappa shape index (κ3) is 3.19. The van der Waals surface area contributed by atoms with Crippen molar-refractivity contribution in [3.63, 3.8) is 0 Å². The molecule has 0 unspecified atom stereocenters. The summed E-state index contributed by atoms with van der Waals surface area (Å²) in [5, 5.41) is 3.19. The second-order valence-corrected chi connectivity index (χ2v) is 7.36. The molecule has 2 amide bonds. The van der Waals surface area contributed by atoms with E-state index in [9.17, 15) is 4.79 Å². The van der Waals surface area contributed by atoms with Gasteiger partial charge in [-0.05, 0) is 32.1 Å². The van der Waals surface area contributed by atoms with Gasteiger partial charge in [0.25, 0.3) is 0 Å². The summed E-state index contributed by atoms with van der Waals surface area (Å²) in [4.78, 5) is 14.6. The molecule has 0 spiro atoms. The Bertz CT molecular complexity index is 537. The molecule has 3 rings (SSSR count). The number of fused-ring (bicyclic) bond motifs is 1. The first-order valence-corrected chi connectivity index (χ1v) is 9.19. The van der Waals surface area contributed by atoms with Gasteiger partial charge in [-0.3, -0.25) is 0 Å². The van der Waals surface area contributed by atoms with Crippen molar-refractivity contribution >= 4 is 17.8 Å². The number of urea groups is 1. The summed E-state index contributed by atoms with van der Waals surface area (Å²) in [5.41, 5.74) is 1.20. The van der Waals surface area contributed by atoms with E-state index in [1.54, 1.807) is 0 Å². The maximum Gasteiger partial charge on any atom is 0.317 e. The van der Waals surface area contributed by atoms with Crippen LogP contribution in [0.2, 0.25) is 0 Å². The van der Waals surface area contributed by atoms with Gasteiger partial charge in [0.15, 0.2) is 0 Å². The van der Waals surface area contributed by atoms with Crippen LogP contribution in [0.3, 0.4) is 0 Å². The molecule has 0 radical (unpaired) electrons. The van der Waals surface area contributed by atoms with Crippen molar-refractivity contribution in [3.05, 3.63) is 29.8 Å². The number of hydrogen-bond acceptors (Lipinski definition) is 3. The Morgan fingerprint density at radius 1 is 1.41 bits per heavy atom. The van der Waals surface area contributed by atoms with E-state index < -0.39 is 0 Å². The van der Waals surface area contributed by atoms with Crippen molar-refractivity contribution in [1.29, 1.82) is 0 Å². The first-order chi connectivity index (χ1) is 10.7. The van der Waals surface area contributed by atoms with E-state index >= 15 is 0 Å². The van der Waals surface area contributed by atoms with Crippen LogP contribution in [0.15, 0.2) is 24.3 Å². The predicted molar refractivity (Wildman–Crippen MR) is 90.8 cm³/mol. The minimum absolute atomic E-state index is 0.0619. The Balaban J connectivity index is 1.64. The van der Waals surface area contributed by atoms with Gasteiger partial charge in [-0.1, -0.05) is 18.2 Å². The Labute approximate surface area is 136 Å². The van der Waals surface area contributed by atoms with Crippen molar-refractivity contribution in [3.8, 4) is 5.75 Å². The molecule has 1 aromatic rings. The topological polar surface area (TPSA) is 41.6 Å². The molecule has 2 heterocycles. The van der Waals surface area contributed by atoms with Crippen molar-refractivity contribution < 1.29 is 9.53 Å². The van der Waals surface area contributed by atoms with E-state index in [2.05, 4.69) is 25.2 Å². The van der Waals surface area contributed by atoms with Crippen LogP contribution in [-0.4, -0.2) is 47.7 Å². The number of benzene rings is 1. The molecule has 22 heavy (non-hydrogen) atoms. The lowest BCUT2D eigenvalue weighted by atomic mass is 9.94. The van der Waals surface area contributed by atoms with Gasteiger partial charge in [-0.15, -0.1) is 0 Å². The number of rotatable bonds is 2. The third-order valence-corrected chi connectivity index (χ3v) is 5.64. The molecule has 2 aliphatic rings. The molecule has 1 fully saturated rings. The number of hydrogen-bond donors (Lipinski definition) is 1. The minimum Gasteiger partial charge on any atom is -0.493 e. The molecule has 1 aromatic carbocycles. The predicted octanol–water partition coefficient (Wildman–Crippen LogP) is 3.09. The zero-order chi connectivity index (χ0) is 15.5. The van der Waals surface area contributed by atoms with E-state index in [-0.39, 0.29) is 18.0 Å². The number of carbonyl (C=O) groups is 1. The van der Waals surface area contributed by atoms with Crippen molar-refractivity contribution in [1.82, 2.24) is 10.2 Å². The summed E-state index contributed by atoms with van der Waals surface area (Å²) < 4.78 is 5.73. The van der Waals surface area contributed by atoms with Crippen LogP contribution in [-0.2, 0) is 0 Å². The number of nitrogens with zero attached hydrogens (tertiary/aromatic N) is 1. The van der Waals surface area contributed by atoms with Gasteiger partial charge in [0.05, 0.1) is 6.61 Å². The lowest BCUT2D eigenvalue weighted by Gasteiger charge is -2.30. The van der Waals surface area contributed by atoms with Gasteiger partial charge in [-0.2, -0.15) is 11.8 Å². The smallest absolute Gasteiger partial charge is 0.317 e. The highest BCUT2D eigenvalue weighted by Gasteiger charge is 2.31. The van der Waals surface area contributed by atoms with Crippen molar-refractivity contribution in [2.45, 2.75) is 38.3 Å². The van der Waals surface area contributed by atoms with Crippen LogP contribution < -0.4 is 10.1 Å². The lowest BCUT2D eigenvalue weighted by Crippen LogP contribution is -2.49. The maximum atomic E-state index is 12.6. The molecule has 0 aromatic heterocycles. The summed E-state index contributed by atoms with van der Waals surface area (Å²) in [5.74, 6) is 3.36. The number of para-hydroxylation sites is 1. The van der Waals surface area contributed by atoms with E-state index in [1.807, 2.05) is 34.9 Å². The number of amides is 2. The summed E-state index contributed by atoms with van der Waals surface area (Å²) in [6.45, 7) is 5.70. The van der Waals surface area contributed by atoms with Crippen LogP contribution in [0.25, 0.3) is 0 Å². The highest BCUT2D eigenvalue weighted by atomic mass is 32.2. The molecule has 2 aliphatic heterocycles. The number of thioether (sulfide) groups is 1. The van der Waals surface area contributed by atoms with Crippen LogP contribution in [0, 0.1) is 0 Å². The lowest BCUT2D eigenvalue weighted by molar-refractivity contribution is 0.177. The van der Waals surface area contributed by atoms with Gasteiger partial charge in [-0.25, -0.2) is 4.79 Å². The van der Waals surface area contributed by atoms with Crippen molar-refractivity contribution in [2.75, 3.05) is 24.7 Å². The maximum absolute atomic E-state index is 12.6. The zero-order valence-electron chi connectivity index (χ0n) is 13.2. The summed E-state index contributed by atoms with van der Waals surface area (Å²) in [7, 11) is 0. The van der Waals surface area contributed by atoms with Gasteiger partial charge < -0.3 is 15.0 Å². The Morgan fingerprint density at radius 3 is 3.09 bits per heavy atom. The Morgan fingerprint density at radius 2 is 2.23 bits per heavy atom. The standard InChI is InChI=1S/C17H24N2O2S/c1-12-7-9-22-10-8-19(12)17(20)18-13(2)15-11-21-16-6-4-3-5-14(15)16/h3-6,12-13,15H,7-11H2,1-2H3,(H,18,20)/t12-,13-,15+/m0/s1. The molecule has 1 saturated heterocycles. The van der Waals surface area contributed by atoms with Crippen LogP contribution in [0.5, 0.6) is 5.75 Å². The molecule has 0 bridgehead atoms. The van der Waals surface area contributed by atoms with Gasteiger partial charge in [0, 0.05) is 35.9 Å². The van der Waals surface area contributed by atoms with E-state index in [4.69, 9.17) is 4.74 Å². The molecule has 3 atom stereocenters. The van der Waals surface area contributed by atoms with Gasteiger partial charge >= 0.3 is 6.03 Å². The molecular formula is C17H24N2O2S. The van der Waals surface area contributed by atoms with E-state index in [1.165, 1.54) is 5.56 Å². The summed E-state index contributed by atoms with van der Waals surface area (Å²) in [6.07, 6.45) is 1.07. The second kappa shape index (κ2) is 6.82. The van der Waals surface area contributed by atoms with Crippen LogP contribution >= 0.6 is 11.8 Å². The van der Waals surface area contributed by atoms with Gasteiger partial charge in [0.2, 0.25) is 0 Å². The van der Waals surface area contributed by atoms with Gasteiger partial charge in [0.1, 0.15) is 5.75 Å². The first kappa shape index (κ1) is 15.5. The fourth-order valence-electron chi connectivity index (χ4n) is 3.18. The molecule has 1 N–H and O–H groups in total. The molecule has 0 saturated carbocycles. The summed E-state index contributed by atoms with van der Waals surface area (Å²) >= 11 is 1.93. The average Bonchev–Trinajstić information content (AvgIpc) is 2.82.